The van der Waals surface area contributed by atoms with Crippen LogP contribution in [0.15, 0.2) is 36.9 Å². The minimum absolute atomic E-state index is 0.0451. The smallest absolute Gasteiger partial charge is 0.366 e. The van der Waals surface area contributed by atoms with Gasteiger partial charge in [-0.3, -0.25) is 19.4 Å². The van der Waals surface area contributed by atoms with Crippen molar-refractivity contribution < 1.29 is 27.2 Å². The van der Waals surface area contributed by atoms with E-state index in [4.69, 9.17) is 0 Å². The van der Waals surface area contributed by atoms with Crippen LogP contribution >= 0.6 is 0 Å². The van der Waals surface area contributed by atoms with E-state index in [9.17, 15) is 28.0 Å². The predicted molar refractivity (Wildman–Crippen MR) is 166 cm³/mol. The molecule has 1 aromatic heterocycles. The topological polar surface area (TPSA) is 99.0 Å². The van der Waals surface area contributed by atoms with E-state index < -0.39 is 35.1 Å². The Morgan fingerprint density at radius 1 is 1.20 bits per heavy atom. The lowest BCUT2D eigenvalue weighted by Crippen LogP contribution is -2.66. The summed E-state index contributed by atoms with van der Waals surface area (Å²) in [6, 6.07) is 6.44. The Morgan fingerprint density at radius 3 is 2.59 bits per heavy atom. The number of rotatable bonds is 7. The van der Waals surface area contributed by atoms with Crippen molar-refractivity contribution in [1.29, 1.82) is 5.26 Å². The Labute approximate surface area is 265 Å². The summed E-state index contributed by atoms with van der Waals surface area (Å²) >= 11 is 0. The van der Waals surface area contributed by atoms with Gasteiger partial charge in [0.25, 0.3) is 0 Å². The van der Waals surface area contributed by atoms with Crippen molar-refractivity contribution in [2.75, 3.05) is 74.5 Å². The van der Waals surface area contributed by atoms with Crippen molar-refractivity contribution in [1.82, 2.24) is 19.7 Å². The molecule has 14 heteroatoms. The molecule has 2 saturated heterocycles. The van der Waals surface area contributed by atoms with Gasteiger partial charge in [-0.05, 0) is 44.5 Å². The number of nitriles is 1. The number of likely N-dealkylation sites (tertiary alicyclic amines) is 1. The molecule has 1 N–H and O–H groups in total. The molecule has 0 saturated carbocycles. The quantitative estimate of drug-likeness (QED) is 0.362. The average molecular weight is 643 g/mol. The maximum absolute atomic E-state index is 15.4. The summed E-state index contributed by atoms with van der Waals surface area (Å²) in [4.78, 5) is 39.3. The number of aromatic nitrogens is 1. The fraction of sp³-hybridized carbons (Fsp3) is 0.500. The van der Waals surface area contributed by atoms with Gasteiger partial charge in [0.1, 0.15) is 29.3 Å². The van der Waals surface area contributed by atoms with E-state index in [0.717, 1.165) is 25.7 Å². The predicted octanol–water partition coefficient (Wildman–Crippen LogP) is 3.48. The van der Waals surface area contributed by atoms with Crippen molar-refractivity contribution in [3.8, 4) is 6.07 Å². The molecule has 2 aromatic rings. The first-order valence-electron chi connectivity index (χ1n) is 15.3. The fourth-order valence-corrected chi connectivity index (χ4v) is 6.63. The maximum Gasteiger partial charge on any atom is 0.417 e. The van der Waals surface area contributed by atoms with Gasteiger partial charge in [-0.1, -0.05) is 12.6 Å². The number of fused-ring (bicyclic) bond motifs is 1. The Hall–Kier alpha value is -4.22. The van der Waals surface area contributed by atoms with Crippen LogP contribution in [-0.2, 0) is 15.8 Å². The van der Waals surface area contributed by atoms with E-state index >= 15 is 4.39 Å². The lowest BCUT2D eigenvalue weighted by Gasteiger charge is -2.51. The third-order valence-corrected chi connectivity index (χ3v) is 9.10. The molecule has 4 heterocycles. The van der Waals surface area contributed by atoms with Crippen LogP contribution in [0.1, 0.15) is 30.2 Å². The van der Waals surface area contributed by atoms with Crippen molar-refractivity contribution in [2.24, 2.45) is 0 Å². The van der Waals surface area contributed by atoms with E-state index in [1.165, 1.54) is 37.1 Å². The molecular weight excluding hydrogens is 604 g/mol. The highest BCUT2D eigenvalue weighted by Gasteiger charge is 2.39. The molecule has 2 atom stereocenters. The fourth-order valence-electron chi connectivity index (χ4n) is 6.63. The summed E-state index contributed by atoms with van der Waals surface area (Å²) in [5.74, 6) is -1.34. The number of amides is 2. The van der Waals surface area contributed by atoms with Crippen molar-refractivity contribution in [3.63, 3.8) is 0 Å². The number of likely N-dealkylation sites (N-methyl/N-ethyl adjacent to an activating group) is 1. The van der Waals surface area contributed by atoms with Crippen LogP contribution in [0, 0.1) is 24.1 Å². The zero-order chi connectivity index (χ0) is 33.3. The summed E-state index contributed by atoms with van der Waals surface area (Å²) < 4.78 is 56.6. The van der Waals surface area contributed by atoms with E-state index in [1.54, 1.807) is 17.0 Å². The van der Waals surface area contributed by atoms with Crippen LogP contribution in [0.25, 0.3) is 0 Å². The molecule has 246 valence electrons. The number of hydrogen-bond acceptors (Lipinski definition) is 8. The summed E-state index contributed by atoms with van der Waals surface area (Å²) in [6.07, 6.45) is -3.32. The first-order valence-corrected chi connectivity index (χ1v) is 15.3. The van der Waals surface area contributed by atoms with Gasteiger partial charge >= 0.3 is 6.18 Å². The van der Waals surface area contributed by atoms with Crippen LogP contribution < -0.4 is 15.1 Å². The first-order chi connectivity index (χ1) is 21.8. The molecule has 0 unspecified atom stereocenters. The Balaban J connectivity index is 1.31. The van der Waals surface area contributed by atoms with Crippen molar-refractivity contribution in [2.45, 2.75) is 44.6 Å². The Morgan fingerprint density at radius 2 is 1.93 bits per heavy atom. The summed E-state index contributed by atoms with van der Waals surface area (Å²) in [6.45, 7) is 12.2. The standard InChI is InChI=1S/C32H38F4N8O2/c1-5-28(45)43-18-22(19-43)44-14-12-41(17-21(44)3)11-13-42-10-9-26(31(46)40(4)27-8-6-7-25(33)29(27)42)39-30-23(16-37)24(32(34,35)36)15-20(2)38-30/h5-8,15,21-22,26H,1,9-14,17-19H2,2-4H3,(H,38,39)/t21-,26-/m0/s1. The molecule has 10 nitrogen and oxygen atoms in total. The van der Waals surface area contributed by atoms with Gasteiger partial charge in [0.05, 0.1) is 16.9 Å². The second kappa shape index (κ2) is 13.3. The molecule has 3 aliphatic rings. The molecule has 0 aliphatic carbocycles. The number of benzene rings is 1. The number of aryl methyl sites for hydroxylation is 1. The molecule has 46 heavy (non-hydrogen) atoms. The lowest BCUT2D eigenvalue weighted by atomic mass is 10.0. The number of alkyl halides is 3. The van der Waals surface area contributed by atoms with Gasteiger partial charge in [-0.2, -0.15) is 18.4 Å². The zero-order valence-corrected chi connectivity index (χ0v) is 26.1. The van der Waals surface area contributed by atoms with Crippen LogP contribution in [0.2, 0.25) is 0 Å². The van der Waals surface area contributed by atoms with E-state index in [-0.39, 0.29) is 42.1 Å². The summed E-state index contributed by atoms with van der Waals surface area (Å²) in [5, 5.41) is 12.5. The largest absolute Gasteiger partial charge is 0.417 e. The number of pyridine rings is 1. The van der Waals surface area contributed by atoms with Crippen LogP contribution in [-0.4, -0.2) is 109 Å². The molecule has 0 radical (unpaired) electrons. The minimum atomic E-state index is -4.78. The molecule has 1 aromatic carbocycles. The van der Waals surface area contributed by atoms with Crippen molar-refractivity contribution in [3.05, 3.63) is 59.6 Å². The first kappa shape index (κ1) is 33.2. The lowest BCUT2D eigenvalue weighted by molar-refractivity contribution is -0.138. The molecule has 2 amide bonds. The summed E-state index contributed by atoms with van der Waals surface area (Å²) in [7, 11) is 1.50. The number of carbonyl (C=O) groups excluding carboxylic acids is 2. The second-order valence-corrected chi connectivity index (χ2v) is 12.1. The maximum atomic E-state index is 15.4. The van der Waals surface area contributed by atoms with E-state index in [2.05, 4.69) is 33.6 Å². The minimum Gasteiger partial charge on any atom is -0.366 e. The molecule has 2 fully saturated rings. The number of para-hydroxylation sites is 1. The van der Waals surface area contributed by atoms with Gasteiger partial charge in [-0.25, -0.2) is 9.37 Å². The monoisotopic (exact) mass is 642 g/mol. The number of nitrogens with zero attached hydrogens (tertiary/aromatic N) is 7. The van der Waals surface area contributed by atoms with Crippen LogP contribution in [0.4, 0.5) is 34.8 Å². The molecule has 0 spiro atoms. The molecule has 3 aliphatic heterocycles. The normalized spacial score (nSPS) is 21.6. The van der Waals surface area contributed by atoms with E-state index in [1.807, 2.05) is 4.90 Å². The van der Waals surface area contributed by atoms with Crippen molar-refractivity contribution >= 4 is 29.0 Å². The number of carbonyl (C=O) groups is 2. The molecule has 5 rings (SSSR count). The number of anilines is 3. The third kappa shape index (κ3) is 6.66. The van der Waals surface area contributed by atoms with Crippen LogP contribution in [0.5, 0.6) is 0 Å². The Bertz CT molecular complexity index is 1540. The third-order valence-electron chi connectivity index (χ3n) is 9.10. The SMILES string of the molecule is C=CC(=O)N1CC(N2CCN(CCN3CC[C@H](Nc4nc(C)cc(C(F)(F)F)c4C#N)C(=O)N(C)c4cccc(F)c43)C[C@@H]2C)C1. The van der Waals surface area contributed by atoms with Gasteiger partial charge in [0.15, 0.2) is 0 Å². The highest BCUT2D eigenvalue weighted by Crippen LogP contribution is 2.37. The molecule has 0 bridgehead atoms. The second-order valence-electron chi connectivity index (χ2n) is 12.1. The number of hydrogen-bond donors (Lipinski definition) is 1. The van der Waals surface area contributed by atoms with Crippen LogP contribution in [0.3, 0.4) is 0 Å². The highest BCUT2D eigenvalue weighted by atomic mass is 19.4. The van der Waals surface area contributed by atoms with E-state index in [0.29, 0.717) is 37.9 Å². The average Bonchev–Trinajstić information content (AvgIpc) is 2.98. The molecular formula is C32H38F4N8O2. The van der Waals surface area contributed by atoms with Gasteiger partial charge in [0, 0.05) is 77.2 Å². The Kier molecular flexibility index (Phi) is 9.55. The number of piperazine rings is 1. The van der Waals surface area contributed by atoms with Gasteiger partial charge in [0.2, 0.25) is 11.8 Å². The number of halogens is 4. The number of nitrogens with one attached hydrogen (secondary N) is 1. The highest BCUT2D eigenvalue weighted by molar-refractivity contribution is 6.01. The van der Waals surface area contributed by atoms with Gasteiger partial charge < -0.3 is 20.0 Å². The zero-order valence-electron chi connectivity index (χ0n) is 26.1. The van der Waals surface area contributed by atoms with Gasteiger partial charge in [-0.15, -0.1) is 0 Å². The summed E-state index contributed by atoms with van der Waals surface area (Å²) in [5.41, 5.74) is -1.14.